The quantitative estimate of drug-likeness (QED) is 0.233. The third-order valence-corrected chi connectivity index (χ3v) is 4.92. The van der Waals surface area contributed by atoms with E-state index in [1.54, 1.807) is 18.2 Å². The van der Waals surface area contributed by atoms with Crippen LogP contribution in [0.25, 0.3) is 6.08 Å². The standard InChI is InChI=1S/C19H14N2O4S2/c1-2-9-25-16-8-3-5-13(10-16)11-17-18(22)20(19(26)27-17)14-6-4-7-15(12-14)21(23)24/h2-8,10-12H,1,9H2/b17-11-. The van der Waals surface area contributed by atoms with Crippen molar-refractivity contribution < 1.29 is 14.5 Å². The second-order valence-corrected chi connectivity index (χ2v) is 7.14. The molecule has 0 unspecified atom stereocenters. The van der Waals surface area contributed by atoms with Crippen LogP contribution in [0.1, 0.15) is 5.56 Å². The molecule has 27 heavy (non-hydrogen) atoms. The van der Waals surface area contributed by atoms with Crippen molar-refractivity contribution in [2.45, 2.75) is 0 Å². The van der Waals surface area contributed by atoms with Gasteiger partial charge in [0, 0.05) is 12.1 Å². The van der Waals surface area contributed by atoms with Crippen LogP contribution in [0.3, 0.4) is 0 Å². The summed E-state index contributed by atoms with van der Waals surface area (Å²) in [6, 6.07) is 13.1. The molecule has 1 saturated heterocycles. The highest BCUT2D eigenvalue weighted by Gasteiger charge is 2.33. The summed E-state index contributed by atoms with van der Waals surface area (Å²) in [4.78, 5) is 25.0. The van der Waals surface area contributed by atoms with Crippen molar-refractivity contribution in [3.05, 3.63) is 81.8 Å². The van der Waals surface area contributed by atoms with Gasteiger partial charge in [0.05, 0.1) is 15.5 Å². The maximum atomic E-state index is 12.8. The number of rotatable bonds is 6. The van der Waals surface area contributed by atoms with E-state index in [9.17, 15) is 14.9 Å². The molecule has 1 amide bonds. The van der Waals surface area contributed by atoms with Gasteiger partial charge in [-0.25, -0.2) is 0 Å². The van der Waals surface area contributed by atoms with Gasteiger partial charge in [-0.1, -0.05) is 54.8 Å². The van der Waals surface area contributed by atoms with Gasteiger partial charge in [-0.2, -0.15) is 0 Å². The van der Waals surface area contributed by atoms with Crippen LogP contribution in [-0.2, 0) is 4.79 Å². The van der Waals surface area contributed by atoms with Gasteiger partial charge in [0.2, 0.25) is 0 Å². The number of carbonyl (C=O) groups excluding carboxylic acids is 1. The Morgan fingerprint density at radius 3 is 2.78 bits per heavy atom. The number of thiocarbonyl (C=S) groups is 1. The summed E-state index contributed by atoms with van der Waals surface area (Å²) in [5.74, 6) is 0.348. The van der Waals surface area contributed by atoms with Crippen LogP contribution >= 0.6 is 24.0 Å². The van der Waals surface area contributed by atoms with Crippen LogP contribution in [0.5, 0.6) is 5.75 Å². The number of carbonyl (C=O) groups is 1. The van der Waals surface area contributed by atoms with E-state index in [1.165, 1.54) is 23.1 Å². The van der Waals surface area contributed by atoms with Crippen LogP contribution in [0.2, 0.25) is 0 Å². The summed E-state index contributed by atoms with van der Waals surface area (Å²) in [5.41, 5.74) is 1.06. The molecule has 0 aromatic heterocycles. The summed E-state index contributed by atoms with van der Waals surface area (Å²) in [6.45, 7) is 3.99. The van der Waals surface area contributed by atoms with E-state index in [2.05, 4.69) is 6.58 Å². The number of anilines is 1. The Balaban J connectivity index is 1.88. The summed E-state index contributed by atoms with van der Waals surface area (Å²) in [5, 5.41) is 11.0. The number of nitrogens with zero attached hydrogens (tertiary/aromatic N) is 2. The van der Waals surface area contributed by atoms with Crippen LogP contribution in [-0.4, -0.2) is 21.8 Å². The molecule has 6 nitrogen and oxygen atoms in total. The van der Waals surface area contributed by atoms with Gasteiger partial charge in [0.15, 0.2) is 4.32 Å². The van der Waals surface area contributed by atoms with Crippen molar-refractivity contribution in [3.8, 4) is 5.75 Å². The van der Waals surface area contributed by atoms with Crippen molar-refractivity contribution in [3.63, 3.8) is 0 Å². The highest BCUT2D eigenvalue weighted by Crippen LogP contribution is 2.37. The number of amides is 1. The first-order chi connectivity index (χ1) is 13.0. The Morgan fingerprint density at radius 1 is 1.26 bits per heavy atom. The van der Waals surface area contributed by atoms with Crippen LogP contribution < -0.4 is 9.64 Å². The molecule has 136 valence electrons. The Bertz CT molecular complexity index is 972. The first-order valence-electron chi connectivity index (χ1n) is 7.86. The van der Waals surface area contributed by atoms with E-state index in [0.29, 0.717) is 27.3 Å². The molecule has 8 heteroatoms. The number of non-ortho nitro benzene ring substituents is 1. The minimum atomic E-state index is -0.508. The second-order valence-electron chi connectivity index (χ2n) is 5.47. The number of ether oxygens (including phenoxy) is 1. The number of hydrogen-bond acceptors (Lipinski definition) is 6. The fourth-order valence-corrected chi connectivity index (χ4v) is 3.74. The third kappa shape index (κ3) is 4.24. The average Bonchev–Trinajstić information content (AvgIpc) is 2.93. The molecule has 0 spiro atoms. The molecular formula is C19H14N2O4S2. The van der Waals surface area contributed by atoms with E-state index in [4.69, 9.17) is 17.0 Å². The van der Waals surface area contributed by atoms with E-state index in [1.807, 2.05) is 24.3 Å². The summed E-state index contributed by atoms with van der Waals surface area (Å²) >= 11 is 6.46. The topological polar surface area (TPSA) is 72.7 Å². The predicted octanol–water partition coefficient (Wildman–Crippen LogP) is 4.57. The second kappa shape index (κ2) is 8.15. The van der Waals surface area contributed by atoms with E-state index in [0.717, 1.165) is 17.3 Å². The average molecular weight is 398 g/mol. The Morgan fingerprint density at radius 2 is 2.04 bits per heavy atom. The lowest BCUT2D eigenvalue weighted by atomic mass is 10.2. The lowest BCUT2D eigenvalue weighted by Crippen LogP contribution is -2.27. The maximum absolute atomic E-state index is 12.8. The molecule has 0 bridgehead atoms. The maximum Gasteiger partial charge on any atom is 0.271 e. The SMILES string of the molecule is C=CCOc1cccc(/C=C2\SC(=S)N(c3cccc([N+](=O)[O-])c3)C2=O)c1. The molecule has 2 aromatic rings. The monoisotopic (exact) mass is 398 g/mol. The highest BCUT2D eigenvalue weighted by atomic mass is 32.2. The smallest absolute Gasteiger partial charge is 0.271 e. The first-order valence-corrected chi connectivity index (χ1v) is 9.08. The normalized spacial score (nSPS) is 15.3. The van der Waals surface area contributed by atoms with E-state index >= 15 is 0 Å². The van der Waals surface area contributed by atoms with Gasteiger partial charge in [-0.15, -0.1) is 0 Å². The van der Waals surface area contributed by atoms with Gasteiger partial charge < -0.3 is 4.74 Å². The lowest BCUT2D eigenvalue weighted by Gasteiger charge is -2.13. The molecule has 1 aliphatic heterocycles. The van der Waals surface area contributed by atoms with E-state index in [-0.39, 0.29) is 11.6 Å². The predicted molar refractivity (Wildman–Crippen MR) is 111 cm³/mol. The molecule has 2 aromatic carbocycles. The highest BCUT2D eigenvalue weighted by molar-refractivity contribution is 8.27. The molecule has 1 heterocycles. The molecular weight excluding hydrogens is 384 g/mol. The van der Waals surface area contributed by atoms with Crippen LogP contribution in [0, 0.1) is 10.1 Å². The van der Waals surface area contributed by atoms with E-state index < -0.39 is 4.92 Å². The minimum Gasteiger partial charge on any atom is -0.490 e. The summed E-state index contributed by atoms with van der Waals surface area (Å²) in [6.07, 6.45) is 3.37. The minimum absolute atomic E-state index is 0.0994. The molecule has 0 aliphatic carbocycles. The first kappa shape index (κ1) is 18.8. The molecule has 0 atom stereocenters. The number of nitro benzene ring substituents is 1. The van der Waals surface area contributed by atoms with Gasteiger partial charge >= 0.3 is 0 Å². The Kier molecular flexibility index (Phi) is 5.68. The molecule has 1 aliphatic rings. The van der Waals surface area contributed by atoms with Crippen LogP contribution in [0.15, 0.2) is 66.1 Å². The zero-order valence-electron chi connectivity index (χ0n) is 14.0. The number of thioether (sulfide) groups is 1. The number of benzene rings is 2. The Hall–Kier alpha value is -2.97. The fourth-order valence-electron chi connectivity index (χ4n) is 2.44. The number of hydrogen-bond donors (Lipinski definition) is 0. The summed E-state index contributed by atoms with van der Waals surface area (Å²) < 4.78 is 5.82. The van der Waals surface area contributed by atoms with Gasteiger partial charge in [-0.05, 0) is 29.8 Å². The fraction of sp³-hybridized carbons (Fsp3) is 0.0526. The lowest BCUT2D eigenvalue weighted by molar-refractivity contribution is -0.384. The summed E-state index contributed by atoms with van der Waals surface area (Å²) in [7, 11) is 0. The largest absolute Gasteiger partial charge is 0.490 e. The van der Waals surface area contributed by atoms with Gasteiger partial charge in [0.1, 0.15) is 12.4 Å². The molecule has 0 radical (unpaired) electrons. The zero-order valence-corrected chi connectivity index (χ0v) is 15.7. The van der Waals surface area contributed by atoms with Crippen molar-refractivity contribution >= 4 is 51.7 Å². The molecule has 0 N–H and O–H groups in total. The van der Waals surface area contributed by atoms with Gasteiger partial charge in [-0.3, -0.25) is 19.8 Å². The molecule has 3 rings (SSSR count). The number of nitro groups is 1. The Labute approximate surface area is 165 Å². The van der Waals surface area contributed by atoms with Crippen molar-refractivity contribution in [1.82, 2.24) is 0 Å². The third-order valence-electron chi connectivity index (χ3n) is 3.62. The van der Waals surface area contributed by atoms with Crippen molar-refractivity contribution in [2.75, 3.05) is 11.5 Å². The van der Waals surface area contributed by atoms with Crippen molar-refractivity contribution in [1.29, 1.82) is 0 Å². The van der Waals surface area contributed by atoms with Crippen LogP contribution in [0.4, 0.5) is 11.4 Å². The van der Waals surface area contributed by atoms with Gasteiger partial charge in [0.25, 0.3) is 11.6 Å². The molecule has 1 fully saturated rings. The zero-order chi connectivity index (χ0) is 19.4. The molecule has 0 saturated carbocycles. The van der Waals surface area contributed by atoms with Crippen molar-refractivity contribution in [2.24, 2.45) is 0 Å².